The quantitative estimate of drug-likeness (QED) is 0.660. The molecular formula is C14H13BrN2OS. The maximum absolute atomic E-state index is 11.8. The summed E-state index contributed by atoms with van der Waals surface area (Å²) in [5, 5.41) is 2.80. The summed E-state index contributed by atoms with van der Waals surface area (Å²) in [6.45, 7) is 0. The summed E-state index contributed by atoms with van der Waals surface area (Å²) in [7, 11) is 0. The number of nitrogens with one attached hydrogen (secondary N) is 1. The van der Waals surface area contributed by atoms with Crippen LogP contribution in [0.25, 0.3) is 0 Å². The van der Waals surface area contributed by atoms with E-state index in [0.717, 1.165) is 9.37 Å². The van der Waals surface area contributed by atoms with Gasteiger partial charge in [-0.1, -0.05) is 24.3 Å². The molecule has 3 nitrogen and oxygen atoms in total. The van der Waals surface area contributed by atoms with E-state index >= 15 is 0 Å². The van der Waals surface area contributed by atoms with Crippen molar-refractivity contribution >= 4 is 45.0 Å². The van der Waals surface area contributed by atoms with Gasteiger partial charge in [-0.15, -0.1) is 11.8 Å². The maximum Gasteiger partial charge on any atom is 0.234 e. The Kier molecular flexibility index (Phi) is 4.87. The molecule has 0 unspecified atom stereocenters. The number of carbonyl (C=O) groups excluding carboxylic acids is 1. The van der Waals surface area contributed by atoms with Crippen LogP contribution in [-0.2, 0) is 4.79 Å². The Labute approximate surface area is 124 Å². The third-order valence-corrected chi connectivity index (χ3v) is 4.46. The minimum atomic E-state index is -0.0707. The van der Waals surface area contributed by atoms with Gasteiger partial charge in [0, 0.05) is 9.37 Å². The van der Waals surface area contributed by atoms with E-state index in [1.54, 1.807) is 12.1 Å². The highest BCUT2D eigenvalue weighted by Gasteiger charge is 2.07. The normalized spacial score (nSPS) is 10.2. The average molecular weight is 337 g/mol. The number of benzene rings is 2. The highest BCUT2D eigenvalue weighted by molar-refractivity contribution is 9.10. The lowest BCUT2D eigenvalue weighted by Gasteiger charge is -2.08. The molecular weight excluding hydrogens is 324 g/mol. The number of halogens is 1. The first-order valence-electron chi connectivity index (χ1n) is 5.68. The number of para-hydroxylation sites is 2. The van der Waals surface area contributed by atoms with Crippen LogP contribution in [0, 0.1) is 0 Å². The molecule has 0 spiro atoms. The second-order valence-corrected chi connectivity index (χ2v) is 5.73. The van der Waals surface area contributed by atoms with Crippen molar-refractivity contribution in [2.45, 2.75) is 4.90 Å². The number of rotatable bonds is 4. The van der Waals surface area contributed by atoms with Crippen molar-refractivity contribution in [1.82, 2.24) is 0 Å². The first kappa shape index (κ1) is 14.0. The highest BCUT2D eigenvalue weighted by Crippen LogP contribution is 2.27. The van der Waals surface area contributed by atoms with E-state index in [9.17, 15) is 4.79 Å². The largest absolute Gasteiger partial charge is 0.397 e. The van der Waals surface area contributed by atoms with Crippen LogP contribution in [0.15, 0.2) is 57.9 Å². The number of nitrogen functional groups attached to an aromatic ring is 1. The van der Waals surface area contributed by atoms with Gasteiger partial charge in [0.2, 0.25) is 5.91 Å². The van der Waals surface area contributed by atoms with Crippen molar-refractivity contribution in [3.8, 4) is 0 Å². The Hall–Kier alpha value is -1.46. The SMILES string of the molecule is Nc1ccccc1NC(=O)CSc1ccccc1Br. The molecule has 3 N–H and O–H groups in total. The Bertz CT molecular complexity index is 589. The number of hydrogen-bond donors (Lipinski definition) is 2. The fourth-order valence-corrected chi connectivity index (χ4v) is 2.87. The van der Waals surface area contributed by atoms with Gasteiger partial charge in [0.05, 0.1) is 17.1 Å². The van der Waals surface area contributed by atoms with E-state index in [4.69, 9.17) is 5.73 Å². The summed E-state index contributed by atoms with van der Waals surface area (Å²) in [5.41, 5.74) is 7.00. The number of thioether (sulfide) groups is 1. The van der Waals surface area contributed by atoms with Gasteiger partial charge in [-0.05, 0) is 40.2 Å². The van der Waals surface area contributed by atoms with Gasteiger partial charge in [-0.2, -0.15) is 0 Å². The van der Waals surface area contributed by atoms with Crippen molar-refractivity contribution < 1.29 is 4.79 Å². The fraction of sp³-hybridized carbons (Fsp3) is 0.0714. The molecule has 0 aromatic heterocycles. The Morgan fingerprint density at radius 2 is 1.84 bits per heavy atom. The lowest BCUT2D eigenvalue weighted by Crippen LogP contribution is -2.15. The monoisotopic (exact) mass is 336 g/mol. The number of anilines is 2. The molecule has 5 heteroatoms. The fourth-order valence-electron chi connectivity index (χ4n) is 1.50. The molecule has 2 aromatic rings. The smallest absolute Gasteiger partial charge is 0.234 e. The van der Waals surface area contributed by atoms with E-state index in [1.165, 1.54) is 11.8 Å². The first-order chi connectivity index (χ1) is 9.16. The van der Waals surface area contributed by atoms with Crippen molar-refractivity contribution in [3.63, 3.8) is 0 Å². The second kappa shape index (κ2) is 6.63. The first-order valence-corrected chi connectivity index (χ1v) is 7.46. The molecule has 0 atom stereocenters. The topological polar surface area (TPSA) is 55.1 Å². The van der Waals surface area contributed by atoms with Crippen molar-refractivity contribution in [1.29, 1.82) is 0 Å². The van der Waals surface area contributed by atoms with Gasteiger partial charge >= 0.3 is 0 Å². The van der Waals surface area contributed by atoms with Crippen LogP contribution < -0.4 is 11.1 Å². The minimum Gasteiger partial charge on any atom is -0.397 e. The summed E-state index contributed by atoms with van der Waals surface area (Å²) in [5.74, 6) is 0.274. The van der Waals surface area contributed by atoms with Gasteiger partial charge in [0.1, 0.15) is 0 Å². The number of carbonyl (C=O) groups is 1. The van der Waals surface area contributed by atoms with Gasteiger partial charge in [0.25, 0.3) is 0 Å². The summed E-state index contributed by atoms with van der Waals surface area (Å²) in [6.07, 6.45) is 0. The van der Waals surface area contributed by atoms with Gasteiger partial charge in [-0.3, -0.25) is 4.79 Å². The minimum absolute atomic E-state index is 0.0707. The number of nitrogens with two attached hydrogens (primary N) is 1. The van der Waals surface area contributed by atoms with Crippen molar-refractivity contribution in [2.75, 3.05) is 16.8 Å². The van der Waals surface area contributed by atoms with Crippen LogP contribution in [0.2, 0.25) is 0 Å². The standard InChI is InChI=1S/C14H13BrN2OS/c15-10-5-1-4-8-13(10)19-9-14(18)17-12-7-3-2-6-11(12)16/h1-8H,9,16H2,(H,17,18). The van der Waals surface area contributed by atoms with Crippen LogP contribution in [-0.4, -0.2) is 11.7 Å². The van der Waals surface area contributed by atoms with Crippen LogP contribution >= 0.6 is 27.7 Å². The molecule has 0 saturated carbocycles. The summed E-state index contributed by atoms with van der Waals surface area (Å²) < 4.78 is 0.993. The van der Waals surface area contributed by atoms with Crippen LogP contribution in [0.1, 0.15) is 0 Å². The van der Waals surface area contributed by atoms with Gasteiger partial charge in [-0.25, -0.2) is 0 Å². The Morgan fingerprint density at radius 3 is 2.58 bits per heavy atom. The molecule has 0 radical (unpaired) electrons. The third kappa shape index (κ3) is 4.01. The number of amides is 1. The summed E-state index contributed by atoms with van der Waals surface area (Å²) in [6, 6.07) is 15.0. The van der Waals surface area contributed by atoms with E-state index < -0.39 is 0 Å². The molecule has 1 amide bonds. The van der Waals surface area contributed by atoms with E-state index in [2.05, 4.69) is 21.2 Å². The molecule has 0 aliphatic heterocycles. The molecule has 2 aromatic carbocycles. The lowest BCUT2D eigenvalue weighted by molar-refractivity contribution is -0.113. The number of hydrogen-bond acceptors (Lipinski definition) is 3. The molecule has 0 heterocycles. The maximum atomic E-state index is 11.8. The molecule has 0 saturated heterocycles. The predicted molar refractivity (Wildman–Crippen MR) is 84.4 cm³/mol. The zero-order chi connectivity index (χ0) is 13.7. The second-order valence-electron chi connectivity index (χ2n) is 3.85. The molecule has 0 aliphatic carbocycles. The molecule has 0 aliphatic rings. The van der Waals surface area contributed by atoms with Gasteiger partial charge in [0.15, 0.2) is 0 Å². The molecule has 98 valence electrons. The van der Waals surface area contributed by atoms with Gasteiger partial charge < -0.3 is 11.1 Å². The highest BCUT2D eigenvalue weighted by atomic mass is 79.9. The van der Waals surface area contributed by atoms with E-state index in [0.29, 0.717) is 17.1 Å². The van der Waals surface area contributed by atoms with Crippen LogP contribution in [0.4, 0.5) is 11.4 Å². The molecule has 0 fully saturated rings. The van der Waals surface area contributed by atoms with Crippen molar-refractivity contribution in [2.24, 2.45) is 0 Å². The van der Waals surface area contributed by atoms with Crippen LogP contribution in [0.3, 0.4) is 0 Å². The van der Waals surface area contributed by atoms with E-state index in [-0.39, 0.29) is 5.91 Å². The Morgan fingerprint density at radius 1 is 1.16 bits per heavy atom. The van der Waals surface area contributed by atoms with E-state index in [1.807, 2.05) is 36.4 Å². The molecule has 2 rings (SSSR count). The van der Waals surface area contributed by atoms with Crippen molar-refractivity contribution in [3.05, 3.63) is 53.0 Å². The summed E-state index contributed by atoms with van der Waals surface area (Å²) in [4.78, 5) is 12.9. The zero-order valence-electron chi connectivity index (χ0n) is 10.1. The zero-order valence-corrected chi connectivity index (χ0v) is 12.5. The molecule has 0 bridgehead atoms. The third-order valence-electron chi connectivity index (χ3n) is 2.43. The lowest BCUT2D eigenvalue weighted by atomic mass is 10.3. The molecule has 19 heavy (non-hydrogen) atoms. The average Bonchev–Trinajstić information content (AvgIpc) is 2.40. The predicted octanol–water partition coefficient (Wildman–Crippen LogP) is 3.76. The van der Waals surface area contributed by atoms with Crippen LogP contribution in [0.5, 0.6) is 0 Å². The summed E-state index contributed by atoms with van der Waals surface area (Å²) >= 11 is 4.93. The Balaban J connectivity index is 1.92.